The van der Waals surface area contributed by atoms with Crippen molar-refractivity contribution >= 4 is 34.7 Å². The fraction of sp³-hybridized carbons (Fsp3) is 0.439. The van der Waals surface area contributed by atoms with E-state index in [1.807, 2.05) is 51.2 Å². The molecule has 1 aromatic heterocycles. The van der Waals surface area contributed by atoms with E-state index in [9.17, 15) is 20.0 Å². The summed E-state index contributed by atoms with van der Waals surface area (Å²) in [6.07, 6.45) is 0.966. The molecule has 7 atom stereocenters. The Morgan fingerprint density at radius 2 is 1.93 bits per heavy atom. The van der Waals surface area contributed by atoms with Crippen molar-refractivity contribution in [3.63, 3.8) is 0 Å². The first-order valence-electron chi connectivity index (χ1n) is 18.5. The molecule has 284 valence electrons. The topological polar surface area (TPSA) is 156 Å². The summed E-state index contributed by atoms with van der Waals surface area (Å²) in [4.78, 5) is 32.2. The van der Waals surface area contributed by atoms with Crippen LogP contribution in [-0.2, 0) is 32.7 Å². The lowest BCUT2D eigenvalue weighted by atomic mass is 9.76. The van der Waals surface area contributed by atoms with Crippen LogP contribution in [0.3, 0.4) is 0 Å². The molecule has 2 fully saturated rings. The largest absolute Gasteiger partial charge is 0.504 e. The molecule has 8 aliphatic heterocycles. The van der Waals surface area contributed by atoms with Crippen molar-refractivity contribution in [1.82, 2.24) is 15.1 Å². The molecule has 12 rings (SSSR count). The summed E-state index contributed by atoms with van der Waals surface area (Å²) in [5, 5.41) is 27.5. The average molecular weight is 765 g/mol. The summed E-state index contributed by atoms with van der Waals surface area (Å²) >= 11 is 1.52. The minimum Gasteiger partial charge on any atom is -0.504 e. The quantitative estimate of drug-likeness (QED) is 0.207. The number of benzene rings is 3. The van der Waals surface area contributed by atoms with Gasteiger partial charge in [-0.3, -0.25) is 19.9 Å². The van der Waals surface area contributed by atoms with Crippen LogP contribution in [0.5, 0.6) is 28.7 Å². The van der Waals surface area contributed by atoms with Crippen LogP contribution in [0.15, 0.2) is 34.7 Å². The van der Waals surface area contributed by atoms with Crippen molar-refractivity contribution in [2.75, 3.05) is 46.4 Å². The highest BCUT2D eigenvalue weighted by Crippen LogP contribution is 2.65. The number of para-hydroxylation sites is 1. The molecule has 0 radical (unpaired) electrons. The summed E-state index contributed by atoms with van der Waals surface area (Å²) in [6.45, 7) is 5.77. The van der Waals surface area contributed by atoms with Crippen molar-refractivity contribution in [1.29, 1.82) is 5.26 Å². The number of phenols is 1. The maximum atomic E-state index is 14.8. The second kappa shape index (κ2) is 12.0. The van der Waals surface area contributed by atoms with Gasteiger partial charge in [0.2, 0.25) is 6.79 Å². The Bertz CT molecular complexity index is 2410. The smallest absolute Gasteiger partial charge is 0.335 e. The lowest BCUT2D eigenvalue weighted by molar-refractivity contribution is -0.158. The number of esters is 2. The van der Waals surface area contributed by atoms with E-state index in [0.717, 1.165) is 27.6 Å². The third-order valence-electron chi connectivity index (χ3n) is 12.6. The van der Waals surface area contributed by atoms with Crippen molar-refractivity contribution in [3.8, 4) is 34.8 Å². The van der Waals surface area contributed by atoms with Gasteiger partial charge >= 0.3 is 11.9 Å². The average Bonchev–Trinajstić information content (AvgIpc) is 3.76. The zero-order chi connectivity index (χ0) is 38.1. The molecule has 2 saturated heterocycles. The molecule has 14 heteroatoms. The van der Waals surface area contributed by atoms with E-state index in [1.165, 1.54) is 18.7 Å². The van der Waals surface area contributed by atoms with Crippen molar-refractivity contribution in [2.24, 2.45) is 0 Å². The summed E-state index contributed by atoms with van der Waals surface area (Å²) in [6, 6.07) is 10.8. The predicted octanol–water partition coefficient (Wildman–Crippen LogP) is 5.02. The van der Waals surface area contributed by atoms with Gasteiger partial charge in [-0.1, -0.05) is 24.3 Å². The number of nitrogens with zero attached hydrogens (tertiary/aromatic N) is 3. The minimum atomic E-state index is -1.35. The standard InChI is InChI=1S/C41H40N4O9S/c1-19-12-22-13-40(15-42)16-44(4)30(27(22)32(47)33(19)49-5)31-37-29-28(36-35(51-18-52-36)20(2)34(29)53-21(3)46)25(45(31)40)14-50-39(48)41(17-55-37)38-24(10-11-43-41)23-8-6-7-9-26(23)54-38/h6-9,12,25,30-31,37,43,47H,10-11,13-14,16-18H2,1-5H3/t25-,30?,31+,37+,40?,41+/m0/s1. The first-order chi connectivity index (χ1) is 26.5. The van der Waals surface area contributed by atoms with E-state index in [4.69, 9.17) is 28.1 Å². The van der Waals surface area contributed by atoms with Gasteiger partial charge in [0.25, 0.3) is 0 Å². The van der Waals surface area contributed by atoms with Crippen molar-refractivity contribution in [2.45, 2.75) is 68.1 Å². The summed E-state index contributed by atoms with van der Waals surface area (Å²) in [5.74, 6) is 1.44. The molecule has 0 saturated carbocycles. The number of phenolic OH excluding ortho intramolecular Hbond substituents is 1. The normalized spacial score (nSPS) is 30.1. The molecule has 3 unspecified atom stereocenters. The van der Waals surface area contributed by atoms with Crippen LogP contribution in [-0.4, -0.2) is 84.8 Å². The van der Waals surface area contributed by atoms with Gasteiger partial charge in [0.15, 0.2) is 28.5 Å². The van der Waals surface area contributed by atoms with Crippen LogP contribution in [0.1, 0.15) is 69.0 Å². The van der Waals surface area contributed by atoms with E-state index in [-0.39, 0.29) is 24.9 Å². The first-order valence-corrected chi connectivity index (χ1v) is 19.6. The highest BCUT2D eigenvalue weighted by molar-refractivity contribution is 7.99. The molecule has 0 amide bonds. The number of piperazine rings is 1. The van der Waals surface area contributed by atoms with Gasteiger partial charge in [0.05, 0.1) is 30.5 Å². The monoisotopic (exact) mass is 764 g/mol. The molecule has 4 bridgehead atoms. The van der Waals surface area contributed by atoms with Crippen molar-refractivity contribution in [3.05, 3.63) is 75.0 Å². The number of aryl methyl sites for hydroxylation is 1. The number of hydrogen-bond acceptors (Lipinski definition) is 14. The third-order valence-corrected chi connectivity index (χ3v) is 14.0. The summed E-state index contributed by atoms with van der Waals surface area (Å²) in [7, 11) is 3.52. The van der Waals surface area contributed by atoms with Gasteiger partial charge in [0, 0.05) is 71.4 Å². The van der Waals surface area contributed by atoms with Gasteiger partial charge < -0.3 is 33.2 Å². The summed E-state index contributed by atoms with van der Waals surface area (Å²) < 4.78 is 37.3. The Balaban J connectivity index is 1.27. The third kappa shape index (κ3) is 4.52. The number of ether oxygens (including phenoxy) is 5. The van der Waals surface area contributed by atoms with Crippen LogP contribution in [0.4, 0.5) is 0 Å². The van der Waals surface area contributed by atoms with Crippen LogP contribution in [0.25, 0.3) is 11.0 Å². The number of aromatic hydroxyl groups is 1. The number of furan rings is 1. The second-order valence-corrected chi connectivity index (χ2v) is 16.6. The molecular weight excluding hydrogens is 725 g/mol. The van der Waals surface area contributed by atoms with Gasteiger partial charge in [-0.15, -0.1) is 11.8 Å². The van der Waals surface area contributed by atoms with E-state index < -0.39 is 46.4 Å². The molecule has 8 aliphatic rings. The Hall–Kier alpha value is -4.94. The lowest BCUT2D eigenvalue weighted by Gasteiger charge is -2.60. The number of nitriles is 1. The van der Waals surface area contributed by atoms with Crippen LogP contribution in [0.2, 0.25) is 0 Å². The highest BCUT2D eigenvalue weighted by Gasteiger charge is 2.64. The van der Waals surface area contributed by atoms with Gasteiger partial charge in [-0.25, -0.2) is 4.79 Å². The molecule has 13 nitrogen and oxygen atoms in total. The second-order valence-electron chi connectivity index (χ2n) is 15.5. The molecule has 4 aromatic rings. The highest BCUT2D eigenvalue weighted by atomic mass is 32.2. The van der Waals surface area contributed by atoms with Crippen LogP contribution < -0.4 is 24.3 Å². The molecule has 1 spiro atoms. The van der Waals surface area contributed by atoms with Crippen LogP contribution in [0, 0.1) is 25.2 Å². The van der Waals surface area contributed by atoms with E-state index in [0.29, 0.717) is 77.0 Å². The number of hydrogen-bond donors (Lipinski definition) is 2. The van der Waals surface area contributed by atoms with Gasteiger partial charge in [0.1, 0.15) is 29.2 Å². The maximum absolute atomic E-state index is 14.8. The number of carbonyl (C=O) groups is 2. The molecular formula is C41H40N4O9S. The minimum absolute atomic E-state index is 0.0361. The number of rotatable bonds is 2. The number of methoxy groups -OCH3 is 1. The van der Waals surface area contributed by atoms with Gasteiger partial charge in [-0.05, 0) is 44.5 Å². The molecule has 9 heterocycles. The number of carbonyl (C=O) groups excluding carboxylic acids is 2. The number of likely N-dealkylation sites (N-methyl/N-ethyl adjacent to an activating group) is 1. The Morgan fingerprint density at radius 1 is 1.13 bits per heavy atom. The predicted molar refractivity (Wildman–Crippen MR) is 200 cm³/mol. The lowest BCUT2D eigenvalue weighted by Crippen LogP contribution is -2.69. The van der Waals surface area contributed by atoms with E-state index in [1.54, 1.807) is 7.11 Å². The Labute approximate surface area is 321 Å². The maximum Gasteiger partial charge on any atom is 0.335 e. The number of nitrogens with one attached hydrogen (secondary N) is 1. The number of fused-ring (bicyclic) bond motifs is 8. The van der Waals surface area contributed by atoms with E-state index >= 15 is 0 Å². The van der Waals surface area contributed by atoms with Crippen molar-refractivity contribution < 1.29 is 42.8 Å². The fourth-order valence-electron chi connectivity index (χ4n) is 10.6. The Kier molecular flexibility index (Phi) is 7.55. The van der Waals surface area contributed by atoms with E-state index in [2.05, 4.69) is 21.2 Å². The molecule has 2 N–H and O–H groups in total. The zero-order valence-electron chi connectivity index (χ0n) is 31.1. The fourth-order valence-corrected chi connectivity index (χ4v) is 12.2. The van der Waals surface area contributed by atoms with Crippen LogP contribution >= 0.6 is 11.8 Å². The Morgan fingerprint density at radius 3 is 2.71 bits per heavy atom. The number of thioether (sulfide) groups is 1. The molecule has 55 heavy (non-hydrogen) atoms. The molecule has 0 aliphatic carbocycles. The SMILES string of the molecule is COc1c(C)cc2c(c1O)C1[C@@H]3[C@@H]4SC[C@]5(NCCc6c5oc5ccccc65)C(=O)OC[C@@H](c5c6c(c(C)c(OC(C)=O)c54)OCO6)N3C(C#N)(C2)CN1C. The van der Waals surface area contributed by atoms with Gasteiger partial charge in [-0.2, -0.15) is 5.26 Å². The zero-order valence-corrected chi connectivity index (χ0v) is 31.9. The first kappa shape index (κ1) is 34.5. The summed E-state index contributed by atoms with van der Waals surface area (Å²) in [5.41, 5.74) is 3.45. The molecule has 3 aromatic carbocycles.